The Bertz CT molecular complexity index is 375. The Morgan fingerprint density at radius 3 is 2.93 bits per heavy atom. The summed E-state index contributed by atoms with van der Waals surface area (Å²) in [6.45, 7) is 2.46. The molecule has 1 atom stereocenters. The van der Waals surface area contributed by atoms with Crippen LogP contribution in [0.15, 0.2) is 18.2 Å². The Labute approximate surface area is 96.8 Å². The highest BCUT2D eigenvalue weighted by Gasteiger charge is 2.09. The van der Waals surface area contributed by atoms with Crippen molar-refractivity contribution in [2.45, 2.75) is 6.92 Å². The lowest BCUT2D eigenvalue weighted by molar-refractivity contribution is 0.272. The van der Waals surface area contributed by atoms with Crippen molar-refractivity contribution in [3.8, 4) is 11.8 Å². The Morgan fingerprint density at radius 2 is 2.33 bits per heavy atom. The van der Waals surface area contributed by atoms with E-state index in [-0.39, 0.29) is 5.56 Å². The Kier molecular flexibility index (Phi) is 4.57. The van der Waals surface area contributed by atoms with Crippen molar-refractivity contribution >= 4 is 15.9 Å². The molecule has 0 saturated heterocycles. The standard InChI is InChI=1S/C11H11BrFNO/c1-8(5-12)7-15-11-4-2-3-10(13)9(11)6-14/h2-4,8H,5,7H2,1H3. The zero-order valence-electron chi connectivity index (χ0n) is 8.34. The first kappa shape index (κ1) is 12.0. The van der Waals surface area contributed by atoms with E-state index in [0.29, 0.717) is 18.3 Å². The van der Waals surface area contributed by atoms with Gasteiger partial charge in [0.05, 0.1) is 6.61 Å². The van der Waals surface area contributed by atoms with Crippen molar-refractivity contribution in [1.82, 2.24) is 0 Å². The van der Waals surface area contributed by atoms with Gasteiger partial charge < -0.3 is 4.74 Å². The monoisotopic (exact) mass is 271 g/mol. The molecule has 0 saturated carbocycles. The third-order valence-electron chi connectivity index (χ3n) is 1.87. The van der Waals surface area contributed by atoms with Gasteiger partial charge in [0, 0.05) is 5.33 Å². The van der Waals surface area contributed by atoms with Crippen LogP contribution in [0.3, 0.4) is 0 Å². The molecule has 1 aromatic rings. The molecule has 1 rings (SSSR count). The zero-order valence-corrected chi connectivity index (χ0v) is 9.92. The Hall–Kier alpha value is -1.08. The van der Waals surface area contributed by atoms with E-state index in [1.807, 2.05) is 6.92 Å². The van der Waals surface area contributed by atoms with E-state index < -0.39 is 5.82 Å². The number of nitrogens with zero attached hydrogens (tertiary/aromatic N) is 1. The van der Waals surface area contributed by atoms with Crippen LogP contribution >= 0.6 is 15.9 Å². The van der Waals surface area contributed by atoms with Gasteiger partial charge in [-0.3, -0.25) is 0 Å². The fourth-order valence-corrected chi connectivity index (χ4v) is 1.20. The number of hydrogen-bond donors (Lipinski definition) is 0. The van der Waals surface area contributed by atoms with Gasteiger partial charge >= 0.3 is 0 Å². The summed E-state index contributed by atoms with van der Waals surface area (Å²) >= 11 is 3.32. The van der Waals surface area contributed by atoms with Crippen LogP contribution in [0.25, 0.3) is 0 Å². The quantitative estimate of drug-likeness (QED) is 0.789. The van der Waals surface area contributed by atoms with Gasteiger partial charge in [-0.05, 0) is 18.1 Å². The van der Waals surface area contributed by atoms with Crippen LogP contribution in [0.1, 0.15) is 12.5 Å². The molecule has 80 valence electrons. The van der Waals surface area contributed by atoms with Crippen LogP contribution in [0, 0.1) is 23.1 Å². The van der Waals surface area contributed by atoms with Crippen LogP contribution in [-0.2, 0) is 0 Å². The molecular formula is C11H11BrFNO. The molecule has 2 nitrogen and oxygen atoms in total. The largest absolute Gasteiger partial charge is 0.492 e. The van der Waals surface area contributed by atoms with E-state index in [9.17, 15) is 4.39 Å². The maximum Gasteiger partial charge on any atom is 0.144 e. The number of alkyl halides is 1. The van der Waals surface area contributed by atoms with E-state index in [1.165, 1.54) is 12.1 Å². The SMILES string of the molecule is CC(CBr)COc1cccc(F)c1C#N. The minimum absolute atomic E-state index is 0.0285. The average Bonchev–Trinajstić information content (AvgIpc) is 2.25. The second kappa shape index (κ2) is 5.72. The van der Waals surface area contributed by atoms with Crippen LogP contribution < -0.4 is 4.74 Å². The van der Waals surface area contributed by atoms with E-state index >= 15 is 0 Å². The lowest BCUT2D eigenvalue weighted by atomic mass is 10.2. The van der Waals surface area contributed by atoms with Crippen LogP contribution in [0.5, 0.6) is 5.75 Å². The van der Waals surface area contributed by atoms with E-state index in [0.717, 1.165) is 5.33 Å². The van der Waals surface area contributed by atoms with E-state index in [4.69, 9.17) is 10.00 Å². The molecule has 0 fully saturated rings. The first-order valence-electron chi connectivity index (χ1n) is 4.56. The molecule has 0 bridgehead atoms. The van der Waals surface area contributed by atoms with Crippen molar-refractivity contribution < 1.29 is 9.13 Å². The van der Waals surface area contributed by atoms with Gasteiger partial charge in [-0.1, -0.05) is 28.9 Å². The van der Waals surface area contributed by atoms with Crippen LogP contribution in [-0.4, -0.2) is 11.9 Å². The molecular weight excluding hydrogens is 261 g/mol. The Balaban J connectivity index is 2.77. The highest BCUT2D eigenvalue weighted by atomic mass is 79.9. The summed E-state index contributed by atoms with van der Waals surface area (Å²) in [7, 11) is 0. The number of nitriles is 1. The molecule has 0 amide bonds. The van der Waals surface area contributed by atoms with Crippen molar-refractivity contribution in [3.63, 3.8) is 0 Å². The summed E-state index contributed by atoms with van der Waals surface area (Å²) in [4.78, 5) is 0. The number of rotatable bonds is 4. The molecule has 15 heavy (non-hydrogen) atoms. The van der Waals surface area contributed by atoms with E-state index in [2.05, 4.69) is 15.9 Å². The summed E-state index contributed by atoms with van der Waals surface area (Å²) in [5.74, 6) is 0.0894. The van der Waals surface area contributed by atoms with Crippen LogP contribution in [0.4, 0.5) is 4.39 Å². The number of ether oxygens (including phenoxy) is 1. The maximum absolute atomic E-state index is 13.1. The predicted molar refractivity (Wildman–Crippen MR) is 59.6 cm³/mol. The minimum Gasteiger partial charge on any atom is -0.492 e. The van der Waals surface area contributed by atoms with E-state index in [1.54, 1.807) is 12.1 Å². The average molecular weight is 272 g/mol. The van der Waals surface area contributed by atoms with Gasteiger partial charge in [0.25, 0.3) is 0 Å². The maximum atomic E-state index is 13.1. The summed E-state index contributed by atoms with van der Waals surface area (Å²) in [5.41, 5.74) is -0.0285. The highest BCUT2D eigenvalue weighted by molar-refractivity contribution is 9.09. The minimum atomic E-state index is -0.540. The molecule has 0 aliphatic heterocycles. The molecule has 0 aliphatic carbocycles. The first-order chi connectivity index (χ1) is 7.19. The molecule has 0 heterocycles. The van der Waals surface area contributed by atoms with Gasteiger partial charge in [-0.25, -0.2) is 4.39 Å². The lowest BCUT2D eigenvalue weighted by Crippen LogP contribution is -2.10. The predicted octanol–water partition coefficient (Wildman–Crippen LogP) is 3.11. The fourth-order valence-electron chi connectivity index (χ4n) is 1.01. The third kappa shape index (κ3) is 3.21. The normalized spacial score (nSPS) is 11.9. The molecule has 0 aromatic heterocycles. The van der Waals surface area contributed by atoms with Crippen molar-refractivity contribution in [3.05, 3.63) is 29.6 Å². The summed E-state index contributed by atoms with van der Waals surface area (Å²) in [6.07, 6.45) is 0. The number of hydrogen-bond acceptors (Lipinski definition) is 2. The van der Waals surface area contributed by atoms with Gasteiger partial charge in [-0.2, -0.15) is 5.26 Å². The molecule has 1 aromatic carbocycles. The topological polar surface area (TPSA) is 33.0 Å². The lowest BCUT2D eigenvalue weighted by Gasteiger charge is -2.11. The highest BCUT2D eigenvalue weighted by Crippen LogP contribution is 2.21. The summed E-state index contributed by atoms with van der Waals surface area (Å²) in [6, 6.07) is 6.18. The van der Waals surface area contributed by atoms with Gasteiger partial charge in [0.15, 0.2) is 0 Å². The van der Waals surface area contributed by atoms with Gasteiger partial charge in [0.2, 0.25) is 0 Å². The smallest absolute Gasteiger partial charge is 0.144 e. The fraction of sp³-hybridized carbons (Fsp3) is 0.364. The van der Waals surface area contributed by atoms with Crippen molar-refractivity contribution in [2.75, 3.05) is 11.9 Å². The van der Waals surface area contributed by atoms with Crippen molar-refractivity contribution in [1.29, 1.82) is 5.26 Å². The summed E-state index contributed by atoms with van der Waals surface area (Å²) < 4.78 is 18.5. The number of halogens is 2. The second-order valence-corrected chi connectivity index (χ2v) is 3.94. The molecule has 0 spiro atoms. The van der Waals surface area contributed by atoms with Gasteiger partial charge in [-0.15, -0.1) is 0 Å². The summed E-state index contributed by atoms with van der Waals surface area (Å²) in [5, 5.41) is 9.55. The number of benzene rings is 1. The second-order valence-electron chi connectivity index (χ2n) is 3.30. The molecule has 0 radical (unpaired) electrons. The third-order valence-corrected chi connectivity index (χ3v) is 2.98. The molecule has 0 N–H and O–H groups in total. The van der Waals surface area contributed by atoms with Crippen molar-refractivity contribution in [2.24, 2.45) is 5.92 Å². The Morgan fingerprint density at radius 1 is 1.60 bits per heavy atom. The van der Waals surface area contributed by atoms with Crippen LogP contribution in [0.2, 0.25) is 0 Å². The first-order valence-corrected chi connectivity index (χ1v) is 5.68. The molecule has 1 unspecified atom stereocenters. The molecule has 4 heteroatoms. The van der Waals surface area contributed by atoms with Gasteiger partial charge in [0.1, 0.15) is 23.2 Å². The zero-order chi connectivity index (χ0) is 11.3. The molecule has 0 aliphatic rings.